The van der Waals surface area contributed by atoms with E-state index in [4.69, 9.17) is 9.47 Å². The summed E-state index contributed by atoms with van der Waals surface area (Å²) in [5.41, 5.74) is 6.68. The Morgan fingerprint density at radius 3 is 2.24 bits per heavy atom. The first-order valence-electron chi connectivity index (χ1n) is 10.6. The molecule has 0 unspecified atom stereocenters. The van der Waals surface area contributed by atoms with Crippen molar-refractivity contribution in [3.05, 3.63) is 89.0 Å². The first-order chi connectivity index (χ1) is 15.9. The van der Waals surface area contributed by atoms with Crippen LogP contribution in [0.15, 0.2) is 71.8 Å². The Labute approximate surface area is 193 Å². The lowest BCUT2D eigenvalue weighted by atomic mass is 10.1. The first kappa shape index (κ1) is 23.5. The van der Waals surface area contributed by atoms with Crippen molar-refractivity contribution in [3.8, 4) is 11.5 Å². The van der Waals surface area contributed by atoms with Crippen LogP contribution < -0.4 is 20.2 Å². The minimum Gasteiger partial charge on any atom is -0.490 e. The van der Waals surface area contributed by atoms with Crippen molar-refractivity contribution in [2.75, 3.05) is 18.5 Å². The fourth-order valence-electron chi connectivity index (χ4n) is 2.88. The van der Waals surface area contributed by atoms with Gasteiger partial charge in [0, 0.05) is 5.69 Å². The van der Waals surface area contributed by atoms with Crippen LogP contribution in [-0.4, -0.2) is 31.2 Å². The molecule has 0 saturated heterocycles. The number of carbonyl (C=O) groups is 2. The smallest absolute Gasteiger partial charge is 0.343 e. The maximum atomic E-state index is 12.4. The molecule has 1 amide bonds. The summed E-state index contributed by atoms with van der Waals surface area (Å²) in [7, 11) is 0. The van der Waals surface area contributed by atoms with Crippen LogP contribution in [0.5, 0.6) is 11.5 Å². The molecule has 7 heteroatoms. The van der Waals surface area contributed by atoms with Crippen LogP contribution in [0, 0.1) is 13.8 Å². The summed E-state index contributed by atoms with van der Waals surface area (Å²) < 4.78 is 11.1. The molecule has 0 atom stereocenters. The third-order valence-corrected chi connectivity index (χ3v) is 4.67. The molecule has 2 N–H and O–H groups in total. The predicted octanol–water partition coefficient (Wildman–Crippen LogP) is 4.48. The number of carbonyl (C=O) groups excluding carboxylic acids is 2. The molecule has 33 heavy (non-hydrogen) atoms. The van der Waals surface area contributed by atoms with Gasteiger partial charge in [0.05, 0.1) is 24.9 Å². The lowest BCUT2D eigenvalue weighted by Gasteiger charge is -2.11. The Morgan fingerprint density at radius 1 is 0.909 bits per heavy atom. The summed E-state index contributed by atoms with van der Waals surface area (Å²) in [6, 6.07) is 20.0. The van der Waals surface area contributed by atoms with E-state index in [1.165, 1.54) is 6.21 Å². The summed E-state index contributed by atoms with van der Waals surface area (Å²) in [6.45, 7) is 6.29. The van der Waals surface area contributed by atoms with E-state index in [0.717, 1.165) is 16.8 Å². The number of anilines is 1. The lowest BCUT2D eigenvalue weighted by molar-refractivity contribution is -0.119. The van der Waals surface area contributed by atoms with Crippen LogP contribution >= 0.6 is 0 Å². The van der Waals surface area contributed by atoms with Crippen molar-refractivity contribution < 1.29 is 19.1 Å². The number of esters is 1. The lowest BCUT2D eigenvalue weighted by Crippen LogP contribution is -2.25. The molecule has 7 nitrogen and oxygen atoms in total. The van der Waals surface area contributed by atoms with Crippen molar-refractivity contribution in [2.24, 2.45) is 5.10 Å². The quantitative estimate of drug-likeness (QED) is 0.219. The highest BCUT2D eigenvalue weighted by Gasteiger charge is 2.13. The van der Waals surface area contributed by atoms with Gasteiger partial charge in [-0.2, -0.15) is 5.10 Å². The number of nitrogens with zero attached hydrogens (tertiary/aromatic N) is 1. The van der Waals surface area contributed by atoms with E-state index in [1.54, 1.807) is 30.3 Å². The van der Waals surface area contributed by atoms with Gasteiger partial charge in [0.2, 0.25) is 0 Å². The minimum absolute atomic E-state index is 0.0957. The molecule has 3 aromatic carbocycles. The summed E-state index contributed by atoms with van der Waals surface area (Å²) >= 11 is 0. The van der Waals surface area contributed by atoms with Gasteiger partial charge in [-0.05, 0) is 68.8 Å². The number of aryl methyl sites for hydroxylation is 2. The third-order valence-electron chi connectivity index (χ3n) is 4.67. The Hall–Kier alpha value is -4.13. The van der Waals surface area contributed by atoms with Crippen molar-refractivity contribution >= 4 is 23.8 Å². The average molecular weight is 446 g/mol. The van der Waals surface area contributed by atoms with Gasteiger partial charge in [-0.3, -0.25) is 4.79 Å². The van der Waals surface area contributed by atoms with E-state index >= 15 is 0 Å². The van der Waals surface area contributed by atoms with Gasteiger partial charge in [-0.25, -0.2) is 10.2 Å². The van der Waals surface area contributed by atoms with E-state index in [9.17, 15) is 9.59 Å². The molecule has 0 saturated carbocycles. The average Bonchev–Trinajstić information content (AvgIpc) is 2.81. The number of rotatable bonds is 9. The van der Waals surface area contributed by atoms with E-state index in [2.05, 4.69) is 15.8 Å². The second-order valence-corrected chi connectivity index (χ2v) is 7.41. The maximum Gasteiger partial charge on any atom is 0.343 e. The number of hydrazone groups is 1. The van der Waals surface area contributed by atoms with Crippen LogP contribution in [0.1, 0.15) is 34.0 Å². The Bertz CT molecular complexity index is 1120. The van der Waals surface area contributed by atoms with Gasteiger partial charge in [0.25, 0.3) is 5.91 Å². The molecule has 0 fully saturated rings. The zero-order valence-electron chi connectivity index (χ0n) is 18.9. The summed E-state index contributed by atoms with van der Waals surface area (Å²) in [6.07, 6.45) is 1.50. The topological polar surface area (TPSA) is 89.0 Å². The number of ether oxygens (including phenoxy) is 2. The standard InChI is InChI=1S/C26H27N3O4/c1-4-32-24-15-20(9-14-23(24)33-26(31)21-10-5-18(2)6-11-21)16-28-29-25(30)17-27-22-12-7-19(3)8-13-22/h5-16,27H,4,17H2,1-3H3,(H,29,30). The normalized spacial score (nSPS) is 10.6. The number of amides is 1. The van der Waals surface area contributed by atoms with Gasteiger partial charge in [0.15, 0.2) is 11.5 Å². The van der Waals surface area contributed by atoms with Crippen molar-refractivity contribution in [1.29, 1.82) is 0 Å². The highest BCUT2D eigenvalue weighted by molar-refractivity contribution is 5.91. The second-order valence-electron chi connectivity index (χ2n) is 7.41. The predicted molar refractivity (Wildman–Crippen MR) is 129 cm³/mol. The third kappa shape index (κ3) is 7.21. The highest BCUT2D eigenvalue weighted by atomic mass is 16.6. The minimum atomic E-state index is -0.467. The van der Waals surface area contributed by atoms with Crippen molar-refractivity contribution in [2.45, 2.75) is 20.8 Å². The molecule has 0 aliphatic rings. The molecule has 0 spiro atoms. The van der Waals surface area contributed by atoms with E-state index in [-0.39, 0.29) is 12.5 Å². The molecule has 0 aliphatic carbocycles. The molecular weight excluding hydrogens is 418 g/mol. The Morgan fingerprint density at radius 2 is 1.58 bits per heavy atom. The molecule has 0 heterocycles. The number of benzene rings is 3. The summed E-state index contributed by atoms with van der Waals surface area (Å²) in [5, 5.41) is 7.02. The number of hydrogen-bond acceptors (Lipinski definition) is 6. The van der Waals surface area contributed by atoms with E-state index in [0.29, 0.717) is 29.2 Å². The monoisotopic (exact) mass is 445 g/mol. The fourth-order valence-corrected chi connectivity index (χ4v) is 2.88. The zero-order valence-corrected chi connectivity index (χ0v) is 18.9. The summed E-state index contributed by atoms with van der Waals surface area (Å²) in [5.74, 6) is -0.0219. The van der Waals surface area contributed by atoms with Crippen LogP contribution in [-0.2, 0) is 4.79 Å². The second kappa shape index (κ2) is 11.5. The number of nitrogens with one attached hydrogen (secondary N) is 2. The molecule has 3 rings (SSSR count). The van der Waals surface area contributed by atoms with Gasteiger partial charge in [-0.15, -0.1) is 0 Å². The molecule has 170 valence electrons. The van der Waals surface area contributed by atoms with Crippen LogP contribution in [0.3, 0.4) is 0 Å². The molecule has 0 aromatic heterocycles. The molecule has 3 aromatic rings. The van der Waals surface area contributed by atoms with Gasteiger partial charge in [0.1, 0.15) is 0 Å². The van der Waals surface area contributed by atoms with E-state index in [1.807, 2.05) is 57.2 Å². The Kier molecular flexibility index (Phi) is 8.18. The van der Waals surface area contributed by atoms with Crippen molar-refractivity contribution in [1.82, 2.24) is 5.43 Å². The Balaban J connectivity index is 1.58. The van der Waals surface area contributed by atoms with Crippen LogP contribution in [0.25, 0.3) is 0 Å². The molecular formula is C26H27N3O4. The SMILES string of the molecule is CCOc1cc(C=NNC(=O)CNc2ccc(C)cc2)ccc1OC(=O)c1ccc(C)cc1. The maximum absolute atomic E-state index is 12.4. The molecule has 0 radical (unpaired) electrons. The zero-order chi connectivity index (χ0) is 23.6. The molecule has 0 bridgehead atoms. The fraction of sp³-hybridized carbons (Fsp3) is 0.192. The first-order valence-corrected chi connectivity index (χ1v) is 10.6. The van der Waals surface area contributed by atoms with Gasteiger partial charge in [-0.1, -0.05) is 35.4 Å². The van der Waals surface area contributed by atoms with Crippen LogP contribution in [0.2, 0.25) is 0 Å². The van der Waals surface area contributed by atoms with Crippen LogP contribution in [0.4, 0.5) is 5.69 Å². The van der Waals surface area contributed by atoms with Gasteiger partial charge < -0.3 is 14.8 Å². The van der Waals surface area contributed by atoms with Crippen molar-refractivity contribution in [3.63, 3.8) is 0 Å². The molecule has 0 aliphatic heterocycles. The van der Waals surface area contributed by atoms with E-state index < -0.39 is 5.97 Å². The number of hydrogen-bond donors (Lipinski definition) is 2. The van der Waals surface area contributed by atoms with Gasteiger partial charge >= 0.3 is 5.97 Å². The highest BCUT2D eigenvalue weighted by Crippen LogP contribution is 2.29. The summed E-state index contributed by atoms with van der Waals surface area (Å²) in [4.78, 5) is 24.4. The largest absolute Gasteiger partial charge is 0.490 e.